The average Bonchev–Trinajstić information content (AvgIpc) is 3.65. The van der Waals surface area contributed by atoms with Crippen molar-refractivity contribution in [1.29, 1.82) is 0 Å². The van der Waals surface area contributed by atoms with Crippen molar-refractivity contribution in [1.82, 2.24) is 4.90 Å². The van der Waals surface area contributed by atoms with Crippen molar-refractivity contribution < 1.29 is 14.3 Å². The number of nitrogens with zero attached hydrogens (tertiary/aromatic N) is 1. The van der Waals surface area contributed by atoms with E-state index in [4.69, 9.17) is 9.47 Å². The van der Waals surface area contributed by atoms with E-state index in [1.54, 1.807) is 0 Å². The molecule has 0 aromatic heterocycles. The monoisotopic (exact) mass is 706 g/mol. The zero-order valence-electron chi connectivity index (χ0n) is 34.4. The molecule has 50 heavy (non-hydrogen) atoms. The van der Waals surface area contributed by atoms with Crippen molar-refractivity contribution >= 4 is 5.91 Å². The molecule has 1 amide bonds. The van der Waals surface area contributed by atoms with Crippen molar-refractivity contribution in [3.8, 4) is 0 Å². The lowest BCUT2D eigenvalue weighted by atomic mass is 10.0. The number of hydrogen-bond acceptors (Lipinski definition) is 3. The SMILES string of the molecule is CCCCCCCCCCCCCCCCCCCCCCCCCCCCCCCCCCCCCCC(=O)N(C)CCCC1OCCO1. The number of carbonyl (C=O) groups is 1. The maximum atomic E-state index is 12.3. The number of amides is 1. The first-order valence-electron chi connectivity index (χ1n) is 23.2. The van der Waals surface area contributed by atoms with Crippen LogP contribution in [0.25, 0.3) is 0 Å². The van der Waals surface area contributed by atoms with Gasteiger partial charge in [0.25, 0.3) is 0 Å². The highest BCUT2D eigenvalue weighted by molar-refractivity contribution is 5.75. The van der Waals surface area contributed by atoms with Crippen molar-refractivity contribution in [3.63, 3.8) is 0 Å². The quantitative estimate of drug-likeness (QED) is 0.0594. The molecule has 1 rings (SSSR count). The Balaban J connectivity index is 1.64. The minimum atomic E-state index is -0.0498. The van der Waals surface area contributed by atoms with Crippen molar-refractivity contribution in [2.75, 3.05) is 26.8 Å². The summed E-state index contributed by atoms with van der Waals surface area (Å²) in [6.45, 7) is 4.53. The number of ether oxygens (including phenoxy) is 2. The molecule has 4 nitrogen and oxygen atoms in total. The maximum absolute atomic E-state index is 12.3. The number of unbranched alkanes of at least 4 members (excludes halogenated alkanes) is 35. The summed E-state index contributed by atoms with van der Waals surface area (Å²) in [5.74, 6) is 0.291. The van der Waals surface area contributed by atoms with Gasteiger partial charge in [-0.15, -0.1) is 0 Å². The minimum absolute atomic E-state index is 0.0498. The molecule has 1 aliphatic heterocycles. The Bertz CT molecular complexity index is 664. The van der Waals surface area contributed by atoms with Gasteiger partial charge in [-0.3, -0.25) is 4.79 Å². The van der Waals surface area contributed by atoms with Crippen LogP contribution in [0, 0.1) is 0 Å². The topological polar surface area (TPSA) is 38.8 Å². The third-order valence-electron chi connectivity index (χ3n) is 11.3. The Kier molecular flexibility index (Phi) is 37.5. The van der Waals surface area contributed by atoms with Crippen LogP contribution in [0.3, 0.4) is 0 Å². The molecule has 4 heteroatoms. The van der Waals surface area contributed by atoms with Gasteiger partial charge >= 0.3 is 0 Å². The molecular weight excluding hydrogens is 615 g/mol. The molecule has 298 valence electrons. The standard InChI is InChI=1S/C46H91NO3/c1-3-4-5-6-7-8-9-10-11-12-13-14-15-16-17-18-19-20-21-22-23-24-25-26-27-28-29-30-31-32-33-34-35-36-37-38-40-45(48)47(2)42-39-41-46-49-43-44-50-46/h46H,3-44H2,1-2H3. The van der Waals surface area contributed by atoms with E-state index in [0.717, 1.165) is 25.8 Å². The van der Waals surface area contributed by atoms with Crippen LogP contribution in [0.15, 0.2) is 0 Å². The van der Waals surface area contributed by atoms with Crippen LogP contribution in [-0.4, -0.2) is 43.9 Å². The predicted molar refractivity (Wildman–Crippen MR) is 219 cm³/mol. The van der Waals surface area contributed by atoms with E-state index in [2.05, 4.69) is 6.92 Å². The normalized spacial score (nSPS) is 13.5. The van der Waals surface area contributed by atoms with E-state index < -0.39 is 0 Å². The molecule has 0 aromatic rings. The molecule has 1 heterocycles. The van der Waals surface area contributed by atoms with Gasteiger partial charge in [0.1, 0.15) is 0 Å². The fraction of sp³-hybridized carbons (Fsp3) is 0.978. The molecule has 0 spiro atoms. The third-order valence-corrected chi connectivity index (χ3v) is 11.3. The first-order valence-corrected chi connectivity index (χ1v) is 23.2. The second kappa shape index (κ2) is 39.6. The number of rotatable bonds is 41. The summed E-state index contributed by atoms with van der Waals surface area (Å²) in [6.07, 6.45) is 54.1. The van der Waals surface area contributed by atoms with Gasteiger partial charge in [-0.2, -0.15) is 0 Å². The molecule has 0 radical (unpaired) electrons. The van der Waals surface area contributed by atoms with Gasteiger partial charge in [0.15, 0.2) is 6.29 Å². The molecule has 0 aliphatic carbocycles. The lowest BCUT2D eigenvalue weighted by Crippen LogP contribution is -2.28. The van der Waals surface area contributed by atoms with Crippen molar-refractivity contribution in [2.45, 2.75) is 264 Å². The zero-order chi connectivity index (χ0) is 35.8. The molecule has 1 aliphatic rings. The van der Waals surface area contributed by atoms with Gasteiger partial charge < -0.3 is 14.4 Å². The summed E-state index contributed by atoms with van der Waals surface area (Å²) >= 11 is 0. The average molecular weight is 706 g/mol. The summed E-state index contributed by atoms with van der Waals surface area (Å²) in [4.78, 5) is 14.2. The molecule has 0 unspecified atom stereocenters. The fourth-order valence-corrected chi connectivity index (χ4v) is 7.74. The Hall–Kier alpha value is -0.610. The molecule has 0 saturated carbocycles. The second-order valence-electron chi connectivity index (χ2n) is 16.3. The molecule has 1 saturated heterocycles. The lowest BCUT2D eigenvalue weighted by molar-refractivity contribution is -0.130. The fourth-order valence-electron chi connectivity index (χ4n) is 7.74. The van der Waals surface area contributed by atoms with Gasteiger partial charge in [-0.25, -0.2) is 0 Å². The van der Waals surface area contributed by atoms with Crippen LogP contribution >= 0.6 is 0 Å². The molecular formula is C46H91NO3. The van der Waals surface area contributed by atoms with Crippen LogP contribution in [0.2, 0.25) is 0 Å². The number of carbonyl (C=O) groups excluding carboxylic acids is 1. The van der Waals surface area contributed by atoms with Crippen LogP contribution < -0.4 is 0 Å². The van der Waals surface area contributed by atoms with Gasteiger partial charge in [-0.1, -0.05) is 232 Å². The highest BCUT2D eigenvalue weighted by Gasteiger charge is 2.16. The third kappa shape index (κ3) is 34.5. The van der Waals surface area contributed by atoms with Crippen molar-refractivity contribution in [2.24, 2.45) is 0 Å². The van der Waals surface area contributed by atoms with E-state index in [1.807, 2.05) is 11.9 Å². The van der Waals surface area contributed by atoms with Crippen LogP contribution in [0.1, 0.15) is 257 Å². The Labute approximate surface area is 314 Å². The zero-order valence-corrected chi connectivity index (χ0v) is 34.4. The molecule has 0 N–H and O–H groups in total. The number of hydrogen-bond donors (Lipinski definition) is 0. The first kappa shape index (κ1) is 47.4. The summed E-state index contributed by atoms with van der Waals surface area (Å²) in [5.41, 5.74) is 0. The van der Waals surface area contributed by atoms with Gasteiger partial charge in [0.2, 0.25) is 5.91 Å². The van der Waals surface area contributed by atoms with Gasteiger partial charge in [-0.05, 0) is 12.8 Å². The Morgan fingerprint density at radius 2 is 0.680 bits per heavy atom. The largest absolute Gasteiger partial charge is 0.350 e. The Morgan fingerprint density at radius 1 is 0.420 bits per heavy atom. The highest BCUT2D eigenvalue weighted by atomic mass is 16.7. The minimum Gasteiger partial charge on any atom is -0.350 e. The molecule has 0 atom stereocenters. The summed E-state index contributed by atoms with van der Waals surface area (Å²) in [5, 5.41) is 0. The first-order chi connectivity index (χ1) is 24.7. The molecule has 0 bridgehead atoms. The second-order valence-corrected chi connectivity index (χ2v) is 16.3. The van der Waals surface area contributed by atoms with E-state index in [0.29, 0.717) is 25.5 Å². The van der Waals surface area contributed by atoms with Gasteiger partial charge in [0, 0.05) is 26.4 Å². The molecule has 0 aromatic carbocycles. The highest BCUT2D eigenvalue weighted by Crippen LogP contribution is 2.18. The summed E-state index contributed by atoms with van der Waals surface area (Å²) in [7, 11) is 1.93. The van der Waals surface area contributed by atoms with Crippen molar-refractivity contribution in [3.05, 3.63) is 0 Å². The maximum Gasteiger partial charge on any atom is 0.222 e. The molecule has 1 fully saturated rings. The van der Waals surface area contributed by atoms with E-state index >= 15 is 0 Å². The van der Waals surface area contributed by atoms with E-state index in [1.165, 1.54) is 225 Å². The summed E-state index contributed by atoms with van der Waals surface area (Å²) in [6, 6.07) is 0. The summed E-state index contributed by atoms with van der Waals surface area (Å²) < 4.78 is 10.9. The Morgan fingerprint density at radius 3 is 0.960 bits per heavy atom. The van der Waals surface area contributed by atoms with Crippen LogP contribution in [-0.2, 0) is 14.3 Å². The van der Waals surface area contributed by atoms with Crippen LogP contribution in [0.5, 0.6) is 0 Å². The smallest absolute Gasteiger partial charge is 0.222 e. The van der Waals surface area contributed by atoms with E-state index in [9.17, 15) is 4.79 Å². The van der Waals surface area contributed by atoms with Gasteiger partial charge in [0.05, 0.1) is 13.2 Å². The predicted octanol–water partition coefficient (Wildman–Crippen LogP) is 15.1. The lowest BCUT2D eigenvalue weighted by Gasteiger charge is -2.18. The van der Waals surface area contributed by atoms with Crippen LogP contribution in [0.4, 0.5) is 0 Å². The van der Waals surface area contributed by atoms with E-state index in [-0.39, 0.29) is 6.29 Å².